The third kappa shape index (κ3) is 4.31. The quantitative estimate of drug-likeness (QED) is 0.482. The van der Waals surface area contributed by atoms with E-state index in [9.17, 15) is 14.4 Å². The second kappa shape index (κ2) is 9.17. The van der Waals surface area contributed by atoms with Gasteiger partial charge in [0.2, 0.25) is 5.91 Å². The zero-order valence-corrected chi connectivity index (χ0v) is 17.2. The molecule has 1 aliphatic rings. The third-order valence-corrected chi connectivity index (χ3v) is 5.55. The largest absolute Gasteiger partial charge is 0.497 e. The van der Waals surface area contributed by atoms with Crippen LogP contribution < -0.4 is 9.64 Å². The number of methoxy groups -OCH3 is 3. The monoisotopic (exact) mass is 418 g/mol. The van der Waals surface area contributed by atoms with Crippen molar-refractivity contribution in [1.29, 1.82) is 0 Å². The van der Waals surface area contributed by atoms with E-state index in [2.05, 4.69) is 0 Å². The van der Waals surface area contributed by atoms with Gasteiger partial charge >= 0.3 is 0 Å². The van der Waals surface area contributed by atoms with E-state index in [0.717, 1.165) is 4.90 Å². The average Bonchev–Trinajstić information content (AvgIpc) is 3.37. The molecule has 0 radical (unpaired) electrons. The smallest absolute Gasteiger partial charge is 0.264 e. The third-order valence-electron chi connectivity index (χ3n) is 4.69. The number of imide groups is 1. The topological polar surface area (TPSA) is 85.4 Å². The summed E-state index contributed by atoms with van der Waals surface area (Å²) >= 11 is 1.27. The minimum absolute atomic E-state index is 0.0177. The molecule has 154 valence electrons. The maximum atomic E-state index is 13.1. The van der Waals surface area contributed by atoms with Gasteiger partial charge in [0.1, 0.15) is 11.8 Å². The van der Waals surface area contributed by atoms with Crippen LogP contribution in [0, 0.1) is 0 Å². The molecule has 2 heterocycles. The number of thiophene rings is 1. The van der Waals surface area contributed by atoms with E-state index in [4.69, 9.17) is 14.2 Å². The van der Waals surface area contributed by atoms with E-state index in [1.54, 1.807) is 41.8 Å². The van der Waals surface area contributed by atoms with Gasteiger partial charge in [0.25, 0.3) is 11.8 Å². The summed E-state index contributed by atoms with van der Waals surface area (Å²) in [7, 11) is 4.44. The fourth-order valence-corrected chi connectivity index (χ4v) is 3.84. The number of anilines is 1. The normalized spacial score (nSPS) is 16.6. The van der Waals surface area contributed by atoms with Crippen molar-refractivity contribution in [3.63, 3.8) is 0 Å². The Kier molecular flexibility index (Phi) is 6.63. The number of carbonyl (C=O) groups excluding carboxylic acids is 3. The molecule has 9 heteroatoms. The first-order valence-electron chi connectivity index (χ1n) is 8.91. The number of nitrogens with zero attached hydrogens (tertiary/aromatic N) is 2. The zero-order valence-electron chi connectivity index (χ0n) is 16.4. The van der Waals surface area contributed by atoms with Gasteiger partial charge in [-0.05, 0) is 35.7 Å². The van der Waals surface area contributed by atoms with Crippen molar-refractivity contribution in [2.75, 3.05) is 32.8 Å². The molecule has 2 aromatic rings. The summed E-state index contributed by atoms with van der Waals surface area (Å²) < 4.78 is 15.6. The number of amides is 3. The molecule has 1 fully saturated rings. The van der Waals surface area contributed by atoms with Gasteiger partial charge < -0.3 is 19.1 Å². The molecule has 1 atom stereocenters. The van der Waals surface area contributed by atoms with Gasteiger partial charge in [-0.25, -0.2) is 4.90 Å². The van der Waals surface area contributed by atoms with Gasteiger partial charge in [0.15, 0.2) is 6.29 Å². The highest BCUT2D eigenvalue weighted by molar-refractivity contribution is 7.12. The van der Waals surface area contributed by atoms with Crippen LogP contribution in [-0.2, 0) is 19.1 Å². The lowest BCUT2D eigenvalue weighted by atomic mass is 10.2. The van der Waals surface area contributed by atoms with E-state index in [-0.39, 0.29) is 24.8 Å². The average molecular weight is 418 g/mol. The second-order valence-electron chi connectivity index (χ2n) is 6.32. The Balaban J connectivity index is 1.89. The summed E-state index contributed by atoms with van der Waals surface area (Å²) in [5, 5.41) is 1.78. The van der Waals surface area contributed by atoms with Crippen LogP contribution in [0.15, 0.2) is 41.8 Å². The highest BCUT2D eigenvalue weighted by atomic mass is 32.1. The summed E-state index contributed by atoms with van der Waals surface area (Å²) in [5.74, 6) is -0.569. The standard InChI is InChI=1S/C20H22N2O6S/c1-26-14-8-6-13(7-9-14)22-17(23)11-15(19(22)24)21(12-18(27-2)28-3)20(25)16-5-4-10-29-16/h4-10,15,18H,11-12H2,1-3H3. The first-order valence-corrected chi connectivity index (χ1v) is 9.79. The molecule has 1 aliphatic heterocycles. The molecule has 8 nitrogen and oxygen atoms in total. The van der Waals surface area contributed by atoms with E-state index < -0.39 is 18.2 Å². The first kappa shape index (κ1) is 21.0. The van der Waals surface area contributed by atoms with Crippen LogP contribution in [-0.4, -0.2) is 62.8 Å². The lowest BCUT2D eigenvalue weighted by Crippen LogP contribution is -2.49. The predicted molar refractivity (Wildman–Crippen MR) is 107 cm³/mol. The molecule has 29 heavy (non-hydrogen) atoms. The summed E-state index contributed by atoms with van der Waals surface area (Å²) in [5.41, 5.74) is 0.432. The van der Waals surface area contributed by atoms with Crippen molar-refractivity contribution in [2.24, 2.45) is 0 Å². The molecule has 1 saturated heterocycles. The first-order chi connectivity index (χ1) is 14.0. The molecule has 0 N–H and O–H groups in total. The van der Waals surface area contributed by atoms with Crippen LogP contribution in [0.2, 0.25) is 0 Å². The fraction of sp³-hybridized carbons (Fsp3) is 0.350. The Morgan fingerprint density at radius 3 is 2.41 bits per heavy atom. The number of rotatable bonds is 8. The maximum absolute atomic E-state index is 13.1. The molecule has 1 unspecified atom stereocenters. The van der Waals surface area contributed by atoms with Gasteiger partial charge in [0, 0.05) is 14.2 Å². The summed E-state index contributed by atoms with van der Waals surface area (Å²) in [6, 6.07) is 9.10. The Bertz CT molecular complexity index is 864. The molecule has 0 bridgehead atoms. The van der Waals surface area contributed by atoms with Crippen molar-refractivity contribution in [3.05, 3.63) is 46.7 Å². The highest BCUT2D eigenvalue weighted by Crippen LogP contribution is 2.29. The number of hydrogen-bond donors (Lipinski definition) is 0. The Labute approximate surface area is 172 Å². The SMILES string of the molecule is COc1ccc(N2C(=O)CC(N(CC(OC)OC)C(=O)c3cccs3)C2=O)cc1. The molecule has 1 aromatic carbocycles. The predicted octanol–water partition coefficient (Wildman–Crippen LogP) is 2.15. The van der Waals surface area contributed by atoms with Gasteiger partial charge in [0.05, 0.1) is 30.6 Å². The molecule has 3 rings (SSSR count). The molecule has 0 saturated carbocycles. The van der Waals surface area contributed by atoms with Crippen LogP contribution in [0.1, 0.15) is 16.1 Å². The van der Waals surface area contributed by atoms with E-state index in [1.807, 2.05) is 0 Å². The fourth-order valence-electron chi connectivity index (χ4n) is 3.16. The Hall–Kier alpha value is -2.75. The zero-order chi connectivity index (χ0) is 21.0. The van der Waals surface area contributed by atoms with Gasteiger partial charge in [-0.15, -0.1) is 11.3 Å². The highest BCUT2D eigenvalue weighted by Gasteiger charge is 2.45. The lowest BCUT2D eigenvalue weighted by molar-refractivity contribution is -0.128. The van der Waals surface area contributed by atoms with E-state index in [1.165, 1.54) is 37.6 Å². The Morgan fingerprint density at radius 1 is 1.17 bits per heavy atom. The molecule has 0 aliphatic carbocycles. The van der Waals surface area contributed by atoms with Crippen molar-refractivity contribution in [2.45, 2.75) is 18.8 Å². The van der Waals surface area contributed by atoms with Gasteiger partial charge in [-0.3, -0.25) is 14.4 Å². The Morgan fingerprint density at radius 2 is 1.86 bits per heavy atom. The van der Waals surface area contributed by atoms with E-state index >= 15 is 0 Å². The molecule has 3 amide bonds. The minimum Gasteiger partial charge on any atom is -0.497 e. The molecule has 0 spiro atoms. The van der Waals surface area contributed by atoms with Crippen molar-refractivity contribution in [3.8, 4) is 5.75 Å². The van der Waals surface area contributed by atoms with Gasteiger partial charge in [-0.1, -0.05) is 6.07 Å². The summed E-state index contributed by atoms with van der Waals surface area (Å²) in [6.07, 6.45) is -0.834. The lowest BCUT2D eigenvalue weighted by Gasteiger charge is -2.29. The van der Waals surface area contributed by atoms with Crippen LogP contribution in [0.25, 0.3) is 0 Å². The van der Waals surface area contributed by atoms with Crippen LogP contribution in [0.4, 0.5) is 5.69 Å². The van der Waals surface area contributed by atoms with Crippen molar-refractivity contribution < 1.29 is 28.6 Å². The number of carbonyl (C=O) groups is 3. The van der Waals surface area contributed by atoms with Gasteiger partial charge in [-0.2, -0.15) is 0 Å². The van der Waals surface area contributed by atoms with Crippen LogP contribution >= 0.6 is 11.3 Å². The van der Waals surface area contributed by atoms with Crippen LogP contribution in [0.3, 0.4) is 0 Å². The molecule has 1 aromatic heterocycles. The van der Waals surface area contributed by atoms with Crippen molar-refractivity contribution in [1.82, 2.24) is 4.90 Å². The van der Waals surface area contributed by atoms with Crippen LogP contribution in [0.5, 0.6) is 5.75 Å². The number of benzene rings is 1. The second-order valence-corrected chi connectivity index (χ2v) is 7.27. The number of hydrogen-bond acceptors (Lipinski definition) is 7. The molecular formula is C20H22N2O6S. The summed E-state index contributed by atoms with van der Waals surface area (Å²) in [6.45, 7) is 0.0177. The molecular weight excluding hydrogens is 396 g/mol. The van der Waals surface area contributed by atoms with Crippen molar-refractivity contribution >= 4 is 34.7 Å². The maximum Gasteiger partial charge on any atom is 0.264 e. The van der Waals surface area contributed by atoms with E-state index in [0.29, 0.717) is 16.3 Å². The number of ether oxygens (including phenoxy) is 3. The minimum atomic E-state index is -0.938. The summed E-state index contributed by atoms with van der Waals surface area (Å²) in [4.78, 5) is 41.8.